The number of hydrogen-bond donors (Lipinski definition) is 1. The van der Waals surface area contributed by atoms with Gasteiger partial charge in [-0.15, -0.1) is 0 Å². The predicted molar refractivity (Wildman–Crippen MR) is 87.3 cm³/mol. The number of rotatable bonds is 6. The van der Waals surface area contributed by atoms with Crippen LogP contribution in [0.25, 0.3) is 0 Å². The maximum absolute atomic E-state index is 12.7. The monoisotopic (exact) mass is 332 g/mol. The number of nitrogens with two attached hydrogens (primary N) is 1. The third-order valence-electron chi connectivity index (χ3n) is 4.95. The Bertz CT molecular complexity index is 615. The molecule has 0 radical (unpaired) electrons. The average molecular weight is 332 g/mol. The first-order valence-corrected chi connectivity index (χ1v) is 8.48. The summed E-state index contributed by atoms with van der Waals surface area (Å²) in [5.41, 5.74) is 5.26. The van der Waals surface area contributed by atoms with Crippen LogP contribution in [-0.4, -0.2) is 52.5 Å². The van der Waals surface area contributed by atoms with Gasteiger partial charge in [-0.3, -0.25) is 9.59 Å². The first kappa shape index (κ1) is 16.8. The number of primary amides is 1. The zero-order chi connectivity index (χ0) is 17.2. The van der Waals surface area contributed by atoms with E-state index in [1.165, 1.54) is 0 Å². The van der Waals surface area contributed by atoms with E-state index >= 15 is 0 Å². The Morgan fingerprint density at radius 2 is 2.08 bits per heavy atom. The fraction of sp³-hybridized carbons (Fsp3) is 0.647. The standard InChI is InChI=1S/C17H24N4O3/c1-24-17(7-5-14(18)22)6-2-8-21(11-17)16(23)13-9-19-15(20-10-13)12-3-4-12/h9-10,12H,2-8,11H2,1H3,(H2,18,22)/t17-/m0/s1. The van der Waals surface area contributed by atoms with Crippen LogP contribution in [0.5, 0.6) is 0 Å². The van der Waals surface area contributed by atoms with Crippen molar-refractivity contribution in [3.05, 3.63) is 23.8 Å². The molecule has 2 aliphatic rings. The molecule has 3 rings (SSSR count). The molecule has 130 valence electrons. The number of aromatic nitrogens is 2. The van der Waals surface area contributed by atoms with Crippen molar-refractivity contribution in [1.82, 2.24) is 14.9 Å². The molecule has 2 amide bonds. The predicted octanol–water partition coefficient (Wildman–Crippen LogP) is 1.24. The summed E-state index contributed by atoms with van der Waals surface area (Å²) in [5, 5.41) is 0. The van der Waals surface area contributed by atoms with E-state index in [2.05, 4.69) is 9.97 Å². The molecule has 7 heteroatoms. The Balaban J connectivity index is 1.68. The molecule has 1 saturated heterocycles. The van der Waals surface area contributed by atoms with Crippen molar-refractivity contribution >= 4 is 11.8 Å². The molecular formula is C17H24N4O3. The third kappa shape index (κ3) is 3.72. The van der Waals surface area contributed by atoms with Crippen molar-refractivity contribution in [2.75, 3.05) is 20.2 Å². The lowest BCUT2D eigenvalue weighted by atomic mass is 9.87. The molecule has 1 aromatic heterocycles. The smallest absolute Gasteiger partial charge is 0.257 e. The van der Waals surface area contributed by atoms with Gasteiger partial charge in [0.2, 0.25) is 5.91 Å². The topological polar surface area (TPSA) is 98.4 Å². The molecule has 2 fully saturated rings. The molecular weight excluding hydrogens is 308 g/mol. The average Bonchev–Trinajstić information content (AvgIpc) is 3.45. The van der Waals surface area contributed by atoms with Gasteiger partial charge in [-0.25, -0.2) is 9.97 Å². The van der Waals surface area contributed by atoms with Crippen molar-refractivity contribution in [3.63, 3.8) is 0 Å². The van der Waals surface area contributed by atoms with E-state index in [1.54, 1.807) is 24.4 Å². The lowest BCUT2D eigenvalue weighted by molar-refractivity contribution is -0.120. The first-order chi connectivity index (χ1) is 11.5. The summed E-state index contributed by atoms with van der Waals surface area (Å²) in [6.45, 7) is 1.13. The number of hydrogen-bond acceptors (Lipinski definition) is 5. The number of methoxy groups -OCH3 is 1. The zero-order valence-corrected chi connectivity index (χ0v) is 14.0. The molecule has 1 aromatic rings. The number of likely N-dealkylation sites (tertiary alicyclic amines) is 1. The van der Waals surface area contributed by atoms with Crippen LogP contribution in [0.4, 0.5) is 0 Å². The molecule has 0 spiro atoms. The number of carbonyl (C=O) groups is 2. The van der Waals surface area contributed by atoms with Crippen LogP contribution < -0.4 is 5.73 Å². The summed E-state index contributed by atoms with van der Waals surface area (Å²) < 4.78 is 5.67. The van der Waals surface area contributed by atoms with E-state index in [1.807, 2.05) is 0 Å². The largest absolute Gasteiger partial charge is 0.376 e. The second-order valence-electron chi connectivity index (χ2n) is 6.79. The van der Waals surface area contributed by atoms with Crippen molar-refractivity contribution in [1.29, 1.82) is 0 Å². The second-order valence-corrected chi connectivity index (χ2v) is 6.79. The van der Waals surface area contributed by atoms with Crippen molar-refractivity contribution in [2.24, 2.45) is 5.73 Å². The Morgan fingerprint density at radius 1 is 1.38 bits per heavy atom. The van der Waals surface area contributed by atoms with Gasteiger partial charge in [0.05, 0.1) is 11.2 Å². The summed E-state index contributed by atoms with van der Waals surface area (Å²) in [6.07, 6.45) is 7.95. The van der Waals surface area contributed by atoms with Gasteiger partial charge >= 0.3 is 0 Å². The molecule has 0 aromatic carbocycles. The van der Waals surface area contributed by atoms with Crippen LogP contribution in [0.3, 0.4) is 0 Å². The molecule has 24 heavy (non-hydrogen) atoms. The molecule has 2 N–H and O–H groups in total. The van der Waals surface area contributed by atoms with Crippen LogP contribution in [0.15, 0.2) is 12.4 Å². The van der Waals surface area contributed by atoms with Crippen LogP contribution in [0.2, 0.25) is 0 Å². The van der Waals surface area contributed by atoms with Crippen LogP contribution in [0.1, 0.15) is 60.6 Å². The van der Waals surface area contributed by atoms with Gasteiger partial charge in [-0.1, -0.05) is 0 Å². The van der Waals surface area contributed by atoms with Crippen LogP contribution >= 0.6 is 0 Å². The summed E-state index contributed by atoms with van der Waals surface area (Å²) in [7, 11) is 1.63. The lowest BCUT2D eigenvalue weighted by Crippen LogP contribution is -2.51. The highest BCUT2D eigenvalue weighted by Gasteiger charge is 2.37. The third-order valence-corrected chi connectivity index (χ3v) is 4.95. The fourth-order valence-electron chi connectivity index (χ4n) is 3.28. The molecule has 7 nitrogen and oxygen atoms in total. The minimum absolute atomic E-state index is 0.0856. The Morgan fingerprint density at radius 3 is 2.67 bits per heavy atom. The molecule has 1 atom stereocenters. The fourth-order valence-corrected chi connectivity index (χ4v) is 3.28. The minimum atomic E-state index is -0.502. The van der Waals surface area contributed by atoms with Gasteiger partial charge < -0.3 is 15.4 Å². The summed E-state index contributed by atoms with van der Waals surface area (Å²) in [6, 6.07) is 0. The van der Waals surface area contributed by atoms with Crippen LogP contribution in [0, 0.1) is 0 Å². The number of piperidine rings is 1. The number of ether oxygens (including phenoxy) is 1. The SMILES string of the molecule is CO[C@]1(CCC(N)=O)CCCN(C(=O)c2cnc(C3CC3)nc2)C1. The summed E-state index contributed by atoms with van der Waals surface area (Å²) in [5.74, 6) is 0.869. The lowest BCUT2D eigenvalue weighted by Gasteiger charge is -2.41. The maximum atomic E-state index is 12.7. The summed E-state index contributed by atoms with van der Waals surface area (Å²) in [4.78, 5) is 34.2. The van der Waals surface area contributed by atoms with Crippen molar-refractivity contribution in [3.8, 4) is 0 Å². The number of nitrogens with zero attached hydrogens (tertiary/aromatic N) is 3. The quantitative estimate of drug-likeness (QED) is 0.845. The van der Waals surface area contributed by atoms with Gasteiger partial charge in [-0.05, 0) is 32.1 Å². The van der Waals surface area contributed by atoms with Gasteiger partial charge in [0.1, 0.15) is 5.82 Å². The molecule has 1 saturated carbocycles. The highest BCUT2D eigenvalue weighted by molar-refractivity contribution is 5.93. The van der Waals surface area contributed by atoms with Gasteiger partial charge in [0, 0.05) is 44.9 Å². The van der Waals surface area contributed by atoms with E-state index in [9.17, 15) is 9.59 Å². The highest BCUT2D eigenvalue weighted by atomic mass is 16.5. The van der Waals surface area contributed by atoms with E-state index in [-0.39, 0.29) is 18.2 Å². The Hall–Kier alpha value is -2.02. The molecule has 2 heterocycles. The van der Waals surface area contributed by atoms with E-state index in [0.29, 0.717) is 31.0 Å². The highest BCUT2D eigenvalue weighted by Crippen LogP contribution is 2.37. The zero-order valence-electron chi connectivity index (χ0n) is 14.0. The molecule has 0 unspecified atom stereocenters. The molecule has 0 bridgehead atoms. The molecule has 1 aliphatic heterocycles. The van der Waals surface area contributed by atoms with E-state index in [0.717, 1.165) is 31.5 Å². The number of carbonyl (C=O) groups excluding carboxylic acids is 2. The van der Waals surface area contributed by atoms with Crippen molar-refractivity contribution in [2.45, 2.75) is 50.0 Å². The maximum Gasteiger partial charge on any atom is 0.257 e. The van der Waals surface area contributed by atoms with Gasteiger partial charge in [0.25, 0.3) is 5.91 Å². The minimum Gasteiger partial charge on any atom is -0.376 e. The van der Waals surface area contributed by atoms with E-state index < -0.39 is 5.60 Å². The first-order valence-electron chi connectivity index (χ1n) is 8.48. The van der Waals surface area contributed by atoms with Crippen molar-refractivity contribution < 1.29 is 14.3 Å². The second kappa shape index (κ2) is 6.84. The number of amides is 2. The van der Waals surface area contributed by atoms with Gasteiger partial charge in [-0.2, -0.15) is 0 Å². The summed E-state index contributed by atoms with van der Waals surface area (Å²) >= 11 is 0. The van der Waals surface area contributed by atoms with Crippen LogP contribution in [-0.2, 0) is 9.53 Å². The van der Waals surface area contributed by atoms with E-state index in [4.69, 9.17) is 10.5 Å². The normalized spacial score (nSPS) is 24.0. The van der Waals surface area contributed by atoms with Gasteiger partial charge in [0.15, 0.2) is 0 Å². The Kier molecular flexibility index (Phi) is 4.80. The molecule has 1 aliphatic carbocycles. The Labute approximate surface area is 141 Å².